The minimum Gasteiger partial charge on any atom is -0.385 e. The lowest BCUT2D eigenvalue weighted by Crippen LogP contribution is -2.43. The van der Waals surface area contributed by atoms with Crippen LogP contribution in [0.1, 0.15) is 44.9 Å². The van der Waals surface area contributed by atoms with Crippen LogP contribution in [-0.2, 0) is 17.8 Å². The van der Waals surface area contributed by atoms with Crippen LogP contribution in [-0.4, -0.2) is 48.0 Å². The molecule has 1 aromatic rings. The van der Waals surface area contributed by atoms with Crippen LogP contribution in [0, 0.1) is 5.41 Å². The van der Waals surface area contributed by atoms with Crippen LogP contribution in [0.5, 0.6) is 0 Å². The molecule has 1 aliphatic carbocycles. The zero-order chi connectivity index (χ0) is 16.5. The van der Waals surface area contributed by atoms with Crippen LogP contribution < -0.4 is 10.6 Å². The molecule has 138 valence electrons. The van der Waals surface area contributed by atoms with Gasteiger partial charge >= 0.3 is 0 Å². The topological polar surface area (TPSA) is 76.4 Å². The van der Waals surface area contributed by atoms with Crippen molar-refractivity contribution >= 4 is 29.9 Å². The number of aliphatic imine (C=N–C) groups is 1. The van der Waals surface area contributed by atoms with E-state index in [1.54, 1.807) is 20.5 Å². The Balaban J connectivity index is 0.00000288. The quantitative estimate of drug-likeness (QED) is 0.361. The number of hydrogen-bond donors (Lipinski definition) is 2. The largest absolute Gasteiger partial charge is 0.385 e. The highest BCUT2D eigenvalue weighted by Gasteiger charge is 2.33. The van der Waals surface area contributed by atoms with E-state index < -0.39 is 0 Å². The Morgan fingerprint density at radius 2 is 2.12 bits per heavy atom. The van der Waals surface area contributed by atoms with Crippen LogP contribution in [0.25, 0.3) is 0 Å². The Bertz CT molecular complexity index is 499. The summed E-state index contributed by atoms with van der Waals surface area (Å²) in [5.74, 6) is 1.74. The number of halogens is 1. The number of methoxy groups -OCH3 is 1. The first-order valence-electron chi connectivity index (χ1n) is 8.53. The van der Waals surface area contributed by atoms with Crippen LogP contribution in [0.2, 0.25) is 0 Å². The molecule has 0 spiro atoms. The highest BCUT2D eigenvalue weighted by Crippen LogP contribution is 2.40. The molecule has 24 heavy (non-hydrogen) atoms. The fourth-order valence-electron chi connectivity index (χ4n) is 3.29. The molecule has 1 saturated carbocycles. The van der Waals surface area contributed by atoms with E-state index in [9.17, 15) is 0 Å². The summed E-state index contributed by atoms with van der Waals surface area (Å²) in [6.07, 6.45) is 8.03. The molecule has 2 N–H and O–H groups in total. The second kappa shape index (κ2) is 10.9. The number of ether oxygens (including phenoxy) is 1. The molecule has 0 aromatic carbocycles. The standard InChI is InChI=1S/C16H30N6O.HI/c1-4-22-13-20-21-14(22)11-18-15(17-2)19-12-16(9-10-23-3)7-5-6-8-16;/h13H,4-12H2,1-3H3,(H2,17,18,19);1H. The lowest BCUT2D eigenvalue weighted by Gasteiger charge is -2.29. The maximum atomic E-state index is 5.29. The molecule has 1 aliphatic rings. The predicted octanol–water partition coefficient (Wildman–Crippen LogP) is 2.18. The Morgan fingerprint density at radius 1 is 1.38 bits per heavy atom. The Labute approximate surface area is 162 Å². The monoisotopic (exact) mass is 450 g/mol. The summed E-state index contributed by atoms with van der Waals surface area (Å²) in [6.45, 7) is 5.35. The van der Waals surface area contributed by atoms with Crippen molar-refractivity contribution in [2.24, 2.45) is 10.4 Å². The van der Waals surface area contributed by atoms with Gasteiger partial charge < -0.3 is 19.9 Å². The van der Waals surface area contributed by atoms with E-state index in [1.165, 1.54) is 25.7 Å². The zero-order valence-corrected chi connectivity index (χ0v) is 17.4. The summed E-state index contributed by atoms with van der Waals surface area (Å²) in [4.78, 5) is 4.32. The van der Waals surface area contributed by atoms with Crippen molar-refractivity contribution in [3.63, 3.8) is 0 Å². The van der Waals surface area contributed by atoms with E-state index in [1.807, 2.05) is 4.57 Å². The van der Waals surface area contributed by atoms with Crippen LogP contribution in [0.4, 0.5) is 0 Å². The summed E-state index contributed by atoms with van der Waals surface area (Å²) in [5, 5.41) is 14.9. The van der Waals surface area contributed by atoms with Gasteiger partial charge in [-0.05, 0) is 31.6 Å². The van der Waals surface area contributed by atoms with Gasteiger partial charge in [0.25, 0.3) is 0 Å². The van der Waals surface area contributed by atoms with Gasteiger partial charge in [-0.15, -0.1) is 34.2 Å². The third kappa shape index (κ3) is 5.87. The Hall–Kier alpha value is -0.900. The number of aromatic nitrogens is 3. The summed E-state index contributed by atoms with van der Waals surface area (Å²) in [7, 11) is 3.58. The van der Waals surface area contributed by atoms with Crippen molar-refractivity contribution in [1.29, 1.82) is 0 Å². The predicted molar refractivity (Wildman–Crippen MR) is 107 cm³/mol. The summed E-state index contributed by atoms with van der Waals surface area (Å²) < 4.78 is 7.32. The average Bonchev–Trinajstić information content (AvgIpc) is 3.22. The molecule has 0 bridgehead atoms. The smallest absolute Gasteiger partial charge is 0.191 e. The van der Waals surface area contributed by atoms with Gasteiger partial charge in [-0.1, -0.05) is 12.8 Å². The molecule has 0 amide bonds. The maximum absolute atomic E-state index is 5.29. The molecule has 0 aliphatic heterocycles. The number of nitrogens with zero attached hydrogens (tertiary/aromatic N) is 4. The molecule has 7 nitrogen and oxygen atoms in total. The molecular weight excluding hydrogens is 419 g/mol. The van der Waals surface area contributed by atoms with Gasteiger partial charge in [0.15, 0.2) is 11.8 Å². The van der Waals surface area contributed by atoms with Crippen molar-refractivity contribution in [1.82, 2.24) is 25.4 Å². The van der Waals surface area contributed by atoms with E-state index in [-0.39, 0.29) is 24.0 Å². The van der Waals surface area contributed by atoms with Crippen LogP contribution in [0.3, 0.4) is 0 Å². The minimum absolute atomic E-state index is 0. The number of guanidine groups is 1. The molecule has 2 rings (SSSR count). The molecule has 0 unspecified atom stereocenters. The Morgan fingerprint density at radius 3 is 2.75 bits per heavy atom. The van der Waals surface area contributed by atoms with E-state index >= 15 is 0 Å². The van der Waals surface area contributed by atoms with Gasteiger partial charge in [-0.2, -0.15) is 0 Å². The number of nitrogens with one attached hydrogen (secondary N) is 2. The maximum Gasteiger partial charge on any atom is 0.191 e. The van der Waals surface area contributed by atoms with Gasteiger partial charge in [0.1, 0.15) is 6.33 Å². The highest BCUT2D eigenvalue weighted by atomic mass is 127. The van der Waals surface area contributed by atoms with Gasteiger partial charge in [0.05, 0.1) is 6.54 Å². The van der Waals surface area contributed by atoms with Gasteiger partial charge in [-0.3, -0.25) is 4.99 Å². The summed E-state index contributed by atoms with van der Waals surface area (Å²) >= 11 is 0. The molecule has 1 heterocycles. The lowest BCUT2D eigenvalue weighted by molar-refractivity contribution is 0.138. The van der Waals surface area contributed by atoms with Gasteiger partial charge in [0.2, 0.25) is 0 Å². The van der Waals surface area contributed by atoms with E-state index in [0.29, 0.717) is 12.0 Å². The van der Waals surface area contributed by atoms with E-state index in [4.69, 9.17) is 4.74 Å². The van der Waals surface area contributed by atoms with Crippen molar-refractivity contribution in [2.75, 3.05) is 27.3 Å². The minimum atomic E-state index is 0. The SMILES string of the molecule is CCn1cnnc1CNC(=NC)NCC1(CCOC)CCCC1.I. The molecule has 0 saturated heterocycles. The van der Waals surface area contributed by atoms with Crippen LogP contribution in [0.15, 0.2) is 11.3 Å². The normalized spacial score (nSPS) is 16.7. The summed E-state index contributed by atoms with van der Waals surface area (Å²) in [6, 6.07) is 0. The van der Waals surface area contributed by atoms with Crippen molar-refractivity contribution in [3.05, 3.63) is 12.2 Å². The van der Waals surface area contributed by atoms with Gasteiger partial charge in [0, 0.05) is 33.9 Å². The molecule has 1 fully saturated rings. The second-order valence-electron chi connectivity index (χ2n) is 6.26. The van der Waals surface area contributed by atoms with Crippen molar-refractivity contribution in [2.45, 2.75) is 52.1 Å². The van der Waals surface area contributed by atoms with Crippen molar-refractivity contribution in [3.8, 4) is 0 Å². The number of aryl methyl sites for hydroxylation is 1. The van der Waals surface area contributed by atoms with Crippen molar-refractivity contribution < 1.29 is 4.74 Å². The molecule has 1 aromatic heterocycles. The first-order chi connectivity index (χ1) is 11.2. The number of hydrogen-bond acceptors (Lipinski definition) is 4. The third-order valence-electron chi connectivity index (χ3n) is 4.81. The second-order valence-corrected chi connectivity index (χ2v) is 6.26. The lowest BCUT2D eigenvalue weighted by atomic mass is 9.83. The fourth-order valence-corrected chi connectivity index (χ4v) is 3.29. The first-order valence-corrected chi connectivity index (χ1v) is 8.53. The molecule has 0 radical (unpaired) electrons. The average molecular weight is 450 g/mol. The van der Waals surface area contributed by atoms with Crippen LogP contribution >= 0.6 is 24.0 Å². The molecule has 8 heteroatoms. The zero-order valence-electron chi connectivity index (χ0n) is 15.0. The fraction of sp³-hybridized carbons (Fsp3) is 0.812. The number of rotatable bonds is 8. The van der Waals surface area contributed by atoms with E-state index in [0.717, 1.165) is 37.9 Å². The Kier molecular flexibility index (Phi) is 9.57. The first kappa shape index (κ1) is 21.1. The highest BCUT2D eigenvalue weighted by molar-refractivity contribution is 14.0. The molecular formula is C16H31IN6O. The molecule has 0 atom stereocenters. The third-order valence-corrected chi connectivity index (χ3v) is 4.81. The summed E-state index contributed by atoms with van der Waals surface area (Å²) in [5.41, 5.74) is 0.344. The van der Waals surface area contributed by atoms with Gasteiger partial charge in [-0.25, -0.2) is 0 Å². The van der Waals surface area contributed by atoms with E-state index in [2.05, 4.69) is 32.7 Å².